The fraction of sp³-hybridized carbons (Fsp3) is 0.533. The molecule has 9 heteroatoms. The predicted molar refractivity (Wildman–Crippen MR) is 89.1 cm³/mol. The van der Waals surface area contributed by atoms with Crippen molar-refractivity contribution >= 4 is 21.6 Å². The molecule has 0 atom stereocenters. The fourth-order valence-corrected chi connectivity index (χ4v) is 3.25. The number of amides is 1. The minimum Gasteiger partial charge on any atom is -0.497 e. The molecule has 0 aliphatic carbocycles. The van der Waals surface area contributed by atoms with Gasteiger partial charge in [-0.05, 0) is 12.1 Å². The van der Waals surface area contributed by atoms with Crippen LogP contribution < -0.4 is 13.8 Å². The van der Waals surface area contributed by atoms with Gasteiger partial charge in [0.2, 0.25) is 15.9 Å². The highest BCUT2D eigenvalue weighted by molar-refractivity contribution is 7.92. The van der Waals surface area contributed by atoms with E-state index in [1.807, 2.05) is 0 Å². The first-order valence-corrected chi connectivity index (χ1v) is 9.27. The fourth-order valence-electron chi connectivity index (χ4n) is 2.41. The van der Waals surface area contributed by atoms with Crippen molar-refractivity contribution in [1.29, 1.82) is 0 Å². The van der Waals surface area contributed by atoms with Gasteiger partial charge >= 0.3 is 0 Å². The van der Waals surface area contributed by atoms with Gasteiger partial charge in [0.1, 0.15) is 18.0 Å². The Morgan fingerprint density at radius 2 is 1.92 bits per heavy atom. The van der Waals surface area contributed by atoms with Crippen LogP contribution in [0, 0.1) is 0 Å². The number of nitrogens with zero attached hydrogens (tertiary/aromatic N) is 2. The molecule has 2 rings (SSSR count). The van der Waals surface area contributed by atoms with Crippen molar-refractivity contribution in [2.45, 2.75) is 0 Å². The highest BCUT2D eigenvalue weighted by atomic mass is 32.2. The normalized spacial score (nSPS) is 15.0. The van der Waals surface area contributed by atoms with Gasteiger partial charge in [0.25, 0.3) is 0 Å². The van der Waals surface area contributed by atoms with Crippen molar-refractivity contribution in [2.75, 3.05) is 57.6 Å². The SMILES string of the molecule is COc1ccc(OC)c(N(CC(=O)N2CCOCC2)S(C)(=O)=O)c1. The number of anilines is 1. The maximum Gasteiger partial charge on any atom is 0.243 e. The van der Waals surface area contributed by atoms with Crippen LogP contribution in [-0.2, 0) is 19.6 Å². The summed E-state index contributed by atoms with van der Waals surface area (Å²) in [5, 5.41) is 0. The Morgan fingerprint density at radius 3 is 2.46 bits per heavy atom. The molecule has 1 fully saturated rings. The van der Waals surface area contributed by atoms with Crippen LogP contribution in [-0.4, -0.2) is 72.5 Å². The van der Waals surface area contributed by atoms with Gasteiger partial charge in [-0.1, -0.05) is 0 Å². The Bertz CT molecular complexity index is 685. The molecule has 1 amide bonds. The molecule has 1 aromatic rings. The maximum atomic E-state index is 12.5. The van der Waals surface area contributed by atoms with Crippen LogP contribution in [0.5, 0.6) is 11.5 Å². The zero-order valence-corrected chi connectivity index (χ0v) is 14.8. The van der Waals surface area contributed by atoms with E-state index < -0.39 is 10.0 Å². The average Bonchev–Trinajstić information content (AvgIpc) is 2.58. The third-order valence-electron chi connectivity index (χ3n) is 3.70. The van der Waals surface area contributed by atoms with E-state index in [2.05, 4.69) is 0 Å². The van der Waals surface area contributed by atoms with Crippen molar-refractivity contribution in [3.63, 3.8) is 0 Å². The zero-order chi connectivity index (χ0) is 17.7. The van der Waals surface area contributed by atoms with Gasteiger partial charge in [-0.25, -0.2) is 8.42 Å². The van der Waals surface area contributed by atoms with Crippen molar-refractivity contribution in [2.24, 2.45) is 0 Å². The lowest BCUT2D eigenvalue weighted by Crippen LogP contribution is -2.47. The molecule has 0 radical (unpaired) electrons. The van der Waals surface area contributed by atoms with Gasteiger partial charge in [-0.2, -0.15) is 0 Å². The van der Waals surface area contributed by atoms with E-state index in [4.69, 9.17) is 14.2 Å². The monoisotopic (exact) mass is 358 g/mol. The second-order valence-electron chi connectivity index (χ2n) is 5.30. The van der Waals surface area contributed by atoms with E-state index in [1.54, 1.807) is 17.0 Å². The molecule has 8 nitrogen and oxygen atoms in total. The second-order valence-corrected chi connectivity index (χ2v) is 7.21. The standard InChI is InChI=1S/C15H22N2O6S/c1-21-12-4-5-14(22-2)13(10-12)17(24(3,19)20)11-15(18)16-6-8-23-9-7-16/h4-5,10H,6-9,11H2,1-3H3. The molecule has 0 unspecified atom stereocenters. The maximum absolute atomic E-state index is 12.5. The molecular formula is C15H22N2O6S. The van der Waals surface area contributed by atoms with Gasteiger partial charge in [0.15, 0.2) is 0 Å². The van der Waals surface area contributed by atoms with Crippen LogP contribution in [0.3, 0.4) is 0 Å². The first-order chi connectivity index (χ1) is 11.4. The van der Waals surface area contributed by atoms with Crippen molar-refractivity contribution < 1.29 is 27.4 Å². The van der Waals surface area contributed by atoms with Crippen molar-refractivity contribution in [3.8, 4) is 11.5 Å². The molecule has 1 saturated heterocycles. The largest absolute Gasteiger partial charge is 0.497 e. The Morgan fingerprint density at radius 1 is 1.25 bits per heavy atom. The topological polar surface area (TPSA) is 85.4 Å². The highest BCUT2D eigenvalue weighted by Gasteiger charge is 2.27. The van der Waals surface area contributed by atoms with Crippen LogP contribution in [0.25, 0.3) is 0 Å². The number of carbonyl (C=O) groups is 1. The summed E-state index contributed by atoms with van der Waals surface area (Å²) in [4.78, 5) is 14.1. The smallest absolute Gasteiger partial charge is 0.243 e. The van der Waals surface area contributed by atoms with E-state index >= 15 is 0 Å². The van der Waals surface area contributed by atoms with Gasteiger partial charge in [-0.3, -0.25) is 9.10 Å². The van der Waals surface area contributed by atoms with E-state index in [0.717, 1.165) is 10.6 Å². The second kappa shape index (κ2) is 7.71. The predicted octanol–water partition coefficient (Wildman–Crippen LogP) is 0.329. The number of ether oxygens (including phenoxy) is 3. The lowest BCUT2D eigenvalue weighted by Gasteiger charge is -2.30. The van der Waals surface area contributed by atoms with E-state index in [9.17, 15) is 13.2 Å². The summed E-state index contributed by atoms with van der Waals surface area (Å²) in [6.45, 7) is 1.50. The molecule has 0 bridgehead atoms. The van der Waals surface area contributed by atoms with Crippen LogP contribution in [0.1, 0.15) is 0 Å². The molecule has 24 heavy (non-hydrogen) atoms. The number of carbonyl (C=O) groups excluding carboxylic acids is 1. The molecule has 0 saturated carbocycles. The van der Waals surface area contributed by atoms with Crippen LogP contribution in [0.15, 0.2) is 18.2 Å². The molecule has 134 valence electrons. The quantitative estimate of drug-likeness (QED) is 0.728. The number of sulfonamides is 1. The third kappa shape index (κ3) is 4.30. The molecule has 0 aromatic heterocycles. The Hall–Kier alpha value is -2.00. The summed E-state index contributed by atoms with van der Waals surface area (Å²) >= 11 is 0. The van der Waals surface area contributed by atoms with E-state index in [0.29, 0.717) is 37.8 Å². The van der Waals surface area contributed by atoms with Gasteiger partial charge in [-0.15, -0.1) is 0 Å². The van der Waals surface area contributed by atoms with Crippen LogP contribution >= 0.6 is 0 Å². The van der Waals surface area contributed by atoms with Crippen molar-refractivity contribution in [3.05, 3.63) is 18.2 Å². The summed E-state index contributed by atoms with van der Waals surface area (Å²) < 4.78 is 41.1. The zero-order valence-electron chi connectivity index (χ0n) is 14.0. The van der Waals surface area contributed by atoms with Gasteiger partial charge in [0, 0.05) is 19.2 Å². The van der Waals surface area contributed by atoms with Gasteiger partial charge in [0.05, 0.1) is 39.4 Å². The van der Waals surface area contributed by atoms with E-state index in [-0.39, 0.29) is 18.1 Å². The summed E-state index contributed by atoms with van der Waals surface area (Å²) in [6.07, 6.45) is 1.05. The molecule has 0 N–H and O–H groups in total. The molecular weight excluding hydrogens is 336 g/mol. The average molecular weight is 358 g/mol. The first kappa shape index (κ1) is 18.3. The molecule has 1 heterocycles. The summed E-state index contributed by atoms with van der Waals surface area (Å²) in [6, 6.07) is 4.80. The number of benzene rings is 1. The summed E-state index contributed by atoms with van der Waals surface area (Å²) in [5.74, 6) is 0.530. The lowest BCUT2D eigenvalue weighted by atomic mass is 10.2. The molecule has 1 aliphatic rings. The molecule has 1 aliphatic heterocycles. The first-order valence-electron chi connectivity index (χ1n) is 7.42. The lowest BCUT2D eigenvalue weighted by molar-refractivity contribution is -0.133. The third-order valence-corrected chi connectivity index (χ3v) is 4.82. The number of methoxy groups -OCH3 is 2. The minimum absolute atomic E-state index is 0.265. The van der Waals surface area contributed by atoms with E-state index in [1.165, 1.54) is 20.3 Å². The molecule has 0 spiro atoms. The van der Waals surface area contributed by atoms with Crippen molar-refractivity contribution in [1.82, 2.24) is 4.90 Å². The summed E-state index contributed by atoms with van der Waals surface area (Å²) in [5.41, 5.74) is 0.265. The van der Waals surface area contributed by atoms with Gasteiger partial charge < -0.3 is 19.1 Å². The Labute approximate surface area is 141 Å². The highest BCUT2D eigenvalue weighted by Crippen LogP contribution is 2.33. The van der Waals surface area contributed by atoms with Crippen LogP contribution in [0.4, 0.5) is 5.69 Å². The molecule has 1 aromatic carbocycles. The summed E-state index contributed by atoms with van der Waals surface area (Å²) in [7, 11) is -0.769. The minimum atomic E-state index is -3.69. The number of morpholine rings is 1. The number of hydrogen-bond acceptors (Lipinski definition) is 6. The van der Waals surface area contributed by atoms with Crippen LogP contribution in [0.2, 0.25) is 0 Å². The number of hydrogen-bond donors (Lipinski definition) is 0. The Kier molecular flexibility index (Phi) is 5.89. The number of rotatable bonds is 6. The Balaban J connectivity index is 2.34.